The molecule has 0 bridgehead atoms. The molecule has 2 aromatic heterocycles. The van der Waals surface area contributed by atoms with Crippen molar-refractivity contribution < 1.29 is 23.1 Å². The van der Waals surface area contributed by atoms with Crippen molar-refractivity contribution in [3.8, 4) is 0 Å². The third-order valence-corrected chi connectivity index (χ3v) is 6.46. The second-order valence-corrected chi connectivity index (χ2v) is 7.83. The second-order valence-electron chi connectivity index (χ2n) is 4.90. The Morgan fingerprint density at radius 1 is 1.40 bits per heavy atom. The highest BCUT2D eigenvalue weighted by atomic mass is 32.2. The van der Waals surface area contributed by atoms with Crippen LogP contribution in [0.25, 0.3) is 6.08 Å². The minimum absolute atomic E-state index is 0.112. The molecule has 0 unspecified atom stereocenters. The highest BCUT2D eigenvalue weighted by Gasteiger charge is 2.32. The highest BCUT2D eigenvalue weighted by Crippen LogP contribution is 2.31. The highest BCUT2D eigenvalue weighted by molar-refractivity contribution is 7.92. The number of carbonyl (C=O) groups excluding carboxylic acids is 1. The van der Waals surface area contributed by atoms with Gasteiger partial charge in [-0.3, -0.25) is 10.1 Å². The average Bonchev–Trinajstić information content (AvgIpc) is 3.19. The van der Waals surface area contributed by atoms with E-state index < -0.39 is 16.0 Å². The van der Waals surface area contributed by atoms with Crippen molar-refractivity contribution in [2.75, 3.05) is 17.7 Å². The lowest BCUT2D eigenvalue weighted by atomic mass is 10.0. The van der Waals surface area contributed by atoms with Crippen molar-refractivity contribution in [1.29, 1.82) is 0 Å². The molecule has 3 N–H and O–H groups in total. The third kappa shape index (κ3) is 2.87. The van der Waals surface area contributed by atoms with Gasteiger partial charge >= 0.3 is 5.97 Å². The molecule has 11 nitrogen and oxygen atoms in total. The van der Waals surface area contributed by atoms with Crippen LogP contribution in [0.1, 0.15) is 17.8 Å². The monoisotopic (exact) mass is 384 g/mol. The van der Waals surface area contributed by atoms with Crippen LogP contribution in [0.3, 0.4) is 0 Å². The maximum atomic E-state index is 12.9. The van der Waals surface area contributed by atoms with Gasteiger partial charge in [0.1, 0.15) is 0 Å². The number of aromatic nitrogens is 4. The van der Waals surface area contributed by atoms with Crippen molar-refractivity contribution in [2.24, 2.45) is 0 Å². The smallest absolute Gasteiger partial charge is 0.331 e. The first-order valence-corrected chi connectivity index (χ1v) is 9.16. The molecule has 0 aromatic carbocycles. The third-order valence-electron chi connectivity index (χ3n) is 3.45. The normalized spacial score (nSPS) is 13.7. The number of amides is 1. The summed E-state index contributed by atoms with van der Waals surface area (Å²) in [4.78, 5) is 26.0. The Morgan fingerprint density at radius 2 is 2.16 bits per heavy atom. The summed E-state index contributed by atoms with van der Waals surface area (Å²) in [6, 6.07) is 0. The fraction of sp³-hybridized carbons (Fsp3) is 0.250. The lowest BCUT2D eigenvalue weighted by Gasteiger charge is -2.13. The van der Waals surface area contributed by atoms with E-state index in [0.717, 1.165) is 15.3 Å². The topological polar surface area (TPSA) is 156 Å². The first kappa shape index (κ1) is 17.0. The van der Waals surface area contributed by atoms with Crippen molar-refractivity contribution in [3.05, 3.63) is 17.0 Å². The summed E-state index contributed by atoms with van der Waals surface area (Å²) in [5, 5.41) is 21.7. The summed E-state index contributed by atoms with van der Waals surface area (Å²) in [5.41, 5.74) is 0.561. The molecule has 25 heavy (non-hydrogen) atoms. The maximum Gasteiger partial charge on any atom is 0.331 e. The van der Waals surface area contributed by atoms with E-state index in [-0.39, 0.29) is 40.1 Å². The lowest BCUT2D eigenvalue weighted by Crippen LogP contribution is -2.20. The van der Waals surface area contributed by atoms with Gasteiger partial charge in [-0.05, 0) is 18.9 Å². The van der Waals surface area contributed by atoms with Crippen molar-refractivity contribution >= 4 is 50.9 Å². The molecule has 0 atom stereocenters. The summed E-state index contributed by atoms with van der Waals surface area (Å²) in [6.45, 7) is 0. The number of carboxylic acids is 1. The Hall–Kier alpha value is -2.80. The molecular weight excluding hydrogens is 372 g/mol. The number of carbonyl (C=O) groups is 2. The maximum absolute atomic E-state index is 12.9. The predicted molar refractivity (Wildman–Crippen MR) is 87.9 cm³/mol. The van der Waals surface area contributed by atoms with Crippen LogP contribution < -0.4 is 10.6 Å². The number of rotatable bonds is 6. The zero-order chi connectivity index (χ0) is 18.2. The van der Waals surface area contributed by atoms with Gasteiger partial charge in [0.2, 0.25) is 17.5 Å². The molecule has 13 heteroatoms. The predicted octanol–water partition coefficient (Wildman–Crippen LogP) is -0.00420. The van der Waals surface area contributed by atoms with E-state index in [1.165, 1.54) is 6.08 Å². The van der Waals surface area contributed by atoms with Crippen LogP contribution in [0.2, 0.25) is 0 Å². The molecule has 2 heterocycles. The Bertz CT molecular complexity index is 990. The van der Waals surface area contributed by atoms with Gasteiger partial charge < -0.3 is 10.4 Å². The number of hydrogen-bond acceptors (Lipinski definition) is 9. The van der Waals surface area contributed by atoms with Crippen LogP contribution in [0.5, 0.6) is 0 Å². The van der Waals surface area contributed by atoms with Crippen LogP contribution >= 0.6 is 11.3 Å². The molecule has 0 spiro atoms. The standard InChI is InChI=1S/C12H12N6O5S2/c1-13-11-16-17-12(24-11)25(22,23)18-8-3-2-6(9(20)21)4-7(8)15-10(18)14-5-19/h4-5H,2-3H2,1H3,(H,13,16)(H,20,21)(H,14,15,19). The van der Waals surface area contributed by atoms with Crippen LogP contribution in [0.4, 0.5) is 11.1 Å². The SMILES string of the molecule is CNc1nnc(S(=O)(=O)n2c(NC=O)nc3c2CCC(C(=O)O)=C3)s1. The van der Waals surface area contributed by atoms with Gasteiger partial charge in [0.25, 0.3) is 14.4 Å². The number of nitrogens with one attached hydrogen (secondary N) is 2. The van der Waals surface area contributed by atoms with E-state index >= 15 is 0 Å². The zero-order valence-corrected chi connectivity index (χ0v) is 14.4. The van der Waals surface area contributed by atoms with Crippen LogP contribution in [0, 0.1) is 0 Å². The molecule has 1 aliphatic carbocycles. The largest absolute Gasteiger partial charge is 0.478 e. The fourth-order valence-corrected chi connectivity index (χ4v) is 4.76. The Kier molecular flexibility index (Phi) is 4.26. The molecule has 0 radical (unpaired) electrons. The molecule has 132 valence electrons. The first-order valence-electron chi connectivity index (χ1n) is 6.91. The van der Waals surface area contributed by atoms with E-state index in [1.807, 2.05) is 0 Å². The summed E-state index contributed by atoms with van der Waals surface area (Å²) < 4.78 is 26.4. The van der Waals surface area contributed by atoms with E-state index in [0.29, 0.717) is 11.5 Å². The average molecular weight is 384 g/mol. The summed E-state index contributed by atoms with van der Waals surface area (Å²) in [6.07, 6.45) is 1.86. The Balaban J connectivity index is 2.18. The molecule has 0 saturated carbocycles. The van der Waals surface area contributed by atoms with Gasteiger partial charge in [-0.25, -0.2) is 13.8 Å². The van der Waals surface area contributed by atoms with Crippen LogP contribution in [0.15, 0.2) is 9.91 Å². The van der Waals surface area contributed by atoms with Crippen molar-refractivity contribution in [3.63, 3.8) is 0 Å². The van der Waals surface area contributed by atoms with E-state index in [1.54, 1.807) is 7.05 Å². The number of nitrogens with zero attached hydrogens (tertiary/aromatic N) is 4. The summed E-state index contributed by atoms with van der Waals surface area (Å²) >= 11 is 0.825. The van der Waals surface area contributed by atoms with E-state index in [4.69, 9.17) is 5.11 Å². The first-order chi connectivity index (χ1) is 11.9. The molecule has 2 aromatic rings. The van der Waals surface area contributed by atoms with Gasteiger partial charge in [0.15, 0.2) is 0 Å². The van der Waals surface area contributed by atoms with Gasteiger partial charge in [0.05, 0.1) is 11.4 Å². The number of hydrogen-bond donors (Lipinski definition) is 3. The van der Waals surface area contributed by atoms with Crippen LogP contribution in [-0.2, 0) is 26.0 Å². The quantitative estimate of drug-likeness (QED) is 0.583. The molecular formula is C12H12N6O5S2. The second kappa shape index (κ2) is 6.25. The van der Waals surface area contributed by atoms with Crippen molar-refractivity contribution in [2.45, 2.75) is 17.2 Å². The molecule has 3 rings (SSSR count). The number of anilines is 2. The summed E-state index contributed by atoms with van der Waals surface area (Å²) in [5.74, 6) is -1.33. The van der Waals surface area contributed by atoms with Gasteiger partial charge in [-0.15, -0.1) is 10.2 Å². The number of aliphatic carboxylic acids is 1. The Labute approximate surface area is 145 Å². The van der Waals surface area contributed by atoms with Gasteiger partial charge in [0, 0.05) is 12.6 Å². The Morgan fingerprint density at radius 3 is 2.76 bits per heavy atom. The summed E-state index contributed by atoms with van der Waals surface area (Å²) in [7, 11) is -2.58. The fourth-order valence-electron chi connectivity index (χ4n) is 2.36. The number of imidazole rings is 1. The molecule has 0 saturated heterocycles. The minimum atomic E-state index is -4.16. The van der Waals surface area contributed by atoms with Crippen molar-refractivity contribution in [1.82, 2.24) is 19.2 Å². The van der Waals surface area contributed by atoms with Gasteiger partial charge in [-0.2, -0.15) is 8.42 Å². The van der Waals surface area contributed by atoms with E-state index in [9.17, 15) is 18.0 Å². The van der Waals surface area contributed by atoms with Gasteiger partial charge in [-0.1, -0.05) is 11.3 Å². The molecule has 1 aliphatic rings. The number of carboxylic acid groups (broad SMARTS) is 1. The molecule has 1 amide bonds. The number of fused-ring (bicyclic) bond motifs is 1. The lowest BCUT2D eigenvalue weighted by molar-refractivity contribution is -0.132. The van der Waals surface area contributed by atoms with E-state index in [2.05, 4.69) is 25.8 Å². The molecule has 0 fully saturated rings. The molecule has 0 aliphatic heterocycles. The zero-order valence-electron chi connectivity index (χ0n) is 12.8. The van der Waals surface area contributed by atoms with Crippen LogP contribution in [-0.4, -0.2) is 52.1 Å². The minimum Gasteiger partial charge on any atom is -0.478 e.